The van der Waals surface area contributed by atoms with Gasteiger partial charge in [0.1, 0.15) is 11.9 Å². The summed E-state index contributed by atoms with van der Waals surface area (Å²) in [7, 11) is 0. The van der Waals surface area contributed by atoms with Crippen LogP contribution in [0.5, 0.6) is 5.75 Å². The molecule has 3 aliphatic rings. The van der Waals surface area contributed by atoms with Gasteiger partial charge in [-0.3, -0.25) is 9.69 Å². The normalized spacial score (nSPS) is 21.5. The third-order valence-corrected chi connectivity index (χ3v) is 6.57. The summed E-state index contributed by atoms with van der Waals surface area (Å²) in [6, 6.07) is 8.71. The Hall–Kier alpha value is -1.01. The van der Waals surface area contributed by atoms with E-state index >= 15 is 0 Å². The SMILES string of the molecule is Cl.Cl.O=C(CN1CCCCC1)Nc1ccc(OC2CCN(C3CCCC3)CC2)cc1. The number of likely N-dealkylation sites (tertiary alicyclic amines) is 2. The maximum atomic E-state index is 12.2. The lowest BCUT2D eigenvalue weighted by molar-refractivity contribution is -0.117. The van der Waals surface area contributed by atoms with Crippen LogP contribution in [0.2, 0.25) is 0 Å². The first-order valence-electron chi connectivity index (χ1n) is 11.3. The van der Waals surface area contributed by atoms with Crippen LogP contribution in [-0.2, 0) is 4.79 Å². The molecule has 1 N–H and O–H groups in total. The lowest BCUT2D eigenvalue weighted by Gasteiger charge is -2.36. The predicted molar refractivity (Wildman–Crippen MR) is 127 cm³/mol. The first kappa shape index (κ1) is 25.3. The number of hydrogen-bond donors (Lipinski definition) is 1. The molecule has 2 heterocycles. The number of carbonyl (C=O) groups excluding carboxylic acids is 1. The monoisotopic (exact) mass is 457 g/mol. The summed E-state index contributed by atoms with van der Waals surface area (Å²) in [4.78, 5) is 17.2. The van der Waals surface area contributed by atoms with Crippen LogP contribution < -0.4 is 10.1 Å². The van der Waals surface area contributed by atoms with Crippen LogP contribution in [0.3, 0.4) is 0 Å². The number of benzene rings is 1. The number of anilines is 1. The van der Waals surface area contributed by atoms with Crippen LogP contribution in [0.15, 0.2) is 24.3 Å². The largest absolute Gasteiger partial charge is 0.490 e. The first-order valence-corrected chi connectivity index (χ1v) is 11.3. The van der Waals surface area contributed by atoms with E-state index in [0.29, 0.717) is 12.6 Å². The van der Waals surface area contributed by atoms with E-state index in [1.807, 2.05) is 24.3 Å². The van der Waals surface area contributed by atoms with Gasteiger partial charge in [0.15, 0.2) is 0 Å². The summed E-state index contributed by atoms with van der Waals surface area (Å²) in [5.74, 6) is 0.989. The maximum Gasteiger partial charge on any atom is 0.238 e. The Bertz CT molecular complexity index is 624. The molecule has 7 heteroatoms. The van der Waals surface area contributed by atoms with E-state index in [1.165, 1.54) is 58.0 Å². The summed E-state index contributed by atoms with van der Waals surface area (Å²) >= 11 is 0. The Kier molecular flexibility index (Phi) is 10.7. The van der Waals surface area contributed by atoms with Gasteiger partial charge in [-0.15, -0.1) is 24.8 Å². The van der Waals surface area contributed by atoms with Crippen molar-refractivity contribution in [3.05, 3.63) is 24.3 Å². The molecule has 0 aromatic heterocycles. The Labute approximate surface area is 193 Å². The van der Waals surface area contributed by atoms with Gasteiger partial charge >= 0.3 is 0 Å². The summed E-state index contributed by atoms with van der Waals surface area (Å²) < 4.78 is 6.20. The molecule has 4 rings (SSSR count). The number of nitrogens with one attached hydrogen (secondary N) is 1. The van der Waals surface area contributed by atoms with Crippen LogP contribution >= 0.6 is 24.8 Å². The number of ether oxygens (including phenoxy) is 1. The molecule has 0 bridgehead atoms. The molecule has 1 aromatic carbocycles. The molecule has 0 spiro atoms. The highest BCUT2D eigenvalue weighted by atomic mass is 35.5. The van der Waals surface area contributed by atoms with Gasteiger partial charge in [-0.05, 0) is 75.9 Å². The lowest BCUT2D eigenvalue weighted by Crippen LogP contribution is -2.43. The van der Waals surface area contributed by atoms with E-state index in [4.69, 9.17) is 4.74 Å². The third-order valence-electron chi connectivity index (χ3n) is 6.57. The highest BCUT2D eigenvalue weighted by Crippen LogP contribution is 2.27. The fourth-order valence-corrected chi connectivity index (χ4v) is 4.96. The molecule has 170 valence electrons. The quantitative estimate of drug-likeness (QED) is 0.669. The summed E-state index contributed by atoms with van der Waals surface area (Å²) in [6.07, 6.45) is 11.8. The zero-order valence-electron chi connectivity index (χ0n) is 17.9. The van der Waals surface area contributed by atoms with Crippen LogP contribution in [0.1, 0.15) is 57.8 Å². The van der Waals surface area contributed by atoms with Gasteiger partial charge in [0.25, 0.3) is 0 Å². The standard InChI is InChI=1S/C23H35N3O2.2ClH/c27-23(18-25-14-4-1-5-15-25)24-19-8-10-21(11-9-19)28-22-12-16-26(17-13-22)20-6-2-3-7-20;;/h8-11,20,22H,1-7,12-18H2,(H,24,27);2*1H. The minimum atomic E-state index is 0. The van der Waals surface area contributed by atoms with E-state index in [2.05, 4.69) is 15.1 Å². The number of halogens is 2. The average molecular weight is 458 g/mol. The summed E-state index contributed by atoms with van der Waals surface area (Å²) in [5.41, 5.74) is 0.852. The van der Waals surface area contributed by atoms with Crippen molar-refractivity contribution < 1.29 is 9.53 Å². The number of nitrogens with zero attached hydrogens (tertiary/aromatic N) is 2. The molecule has 0 atom stereocenters. The van der Waals surface area contributed by atoms with Crippen molar-refractivity contribution in [1.29, 1.82) is 0 Å². The maximum absolute atomic E-state index is 12.2. The molecule has 1 aliphatic carbocycles. The van der Waals surface area contributed by atoms with E-state index in [9.17, 15) is 4.79 Å². The molecule has 0 unspecified atom stereocenters. The topological polar surface area (TPSA) is 44.8 Å². The van der Waals surface area contributed by atoms with Gasteiger partial charge < -0.3 is 15.0 Å². The second kappa shape index (κ2) is 12.7. The van der Waals surface area contributed by atoms with Crippen LogP contribution in [0, 0.1) is 0 Å². The van der Waals surface area contributed by atoms with Gasteiger partial charge in [0, 0.05) is 24.8 Å². The van der Waals surface area contributed by atoms with Crippen LogP contribution in [-0.4, -0.2) is 60.6 Å². The molecule has 2 aliphatic heterocycles. The summed E-state index contributed by atoms with van der Waals surface area (Å²) in [6.45, 7) is 4.91. The Balaban J connectivity index is 0.00000160. The average Bonchev–Trinajstić information content (AvgIpc) is 3.26. The van der Waals surface area contributed by atoms with E-state index in [-0.39, 0.29) is 30.7 Å². The molecule has 1 amide bonds. The van der Waals surface area contributed by atoms with Gasteiger partial charge in [-0.25, -0.2) is 0 Å². The van der Waals surface area contributed by atoms with Gasteiger partial charge in [0.05, 0.1) is 6.54 Å². The lowest BCUT2D eigenvalue weighted by atomic mass is 10.0. The fourth-order valence-electron chi connectivity index (χ4n) is 4.96. The number of piperidine rings is 2. The molecular weight excluding hydrogens is 421 g/mol. The second-order valence-corrected chi connectivity index (χ2v) is 8.70. The molecule has 5 nitrogen and oxygen atoms in total. The summed E-state index contributed by atoms with van der Waals surface area (Å²) in [5, 5.41) is 3.01. The Morgan fingerprint density at radius 2 is 1.50 bits per heavy atom. The van der Waals surface area contributed by atoms with Crippen LogP contribution in [0.4, 0.5) is 5.69 Å². The third kappa shape index (κ3) is 7.30. The molecule has 3 fully saturated rings. The number of carbonyl (C=O) groups is 1. The predicted octanol–water partition coefficient (Wildman–Crippen LogP) is 4.74. The second-order valence-electron chi connectivity index (χ2n) is 8.70. The zero-order valence-corrected chi connectivity index (χ0v) is 19.5. The number of hydrogen-bond acceptors (Lipinski definition) is 4. The fraction of sp³-hybridized carbons (Fsp3) is 0.696. The van der Waals surface area contributed by atoms with E-state index in [0.717, 1.165) is 43.4 Å². The van der Waals surface area contributed by atoms with Crippen molar-refractivity contribution in [1.82, 2.24) is 9.80 Å². The first-order chi connectivity index (χ1) is 13.8. The smallest absolute Gasteiger partial charge is 0.238 e. The van der Waals surface area contributed by atoms with Gasteiger partial charge in [0.2, 0.25) is 5.91 Å². The molecule has 1 aromatic rings. The highest BCUT2D eigenvalue weighted by molar-refractivity contribution is 5.92. The van der Waals surface area contributed by atoms with Crippen molar-refractivity contribution in [2.75, 3.05) is 38.0 Å². The molecule has 0 radical (unpaired) electrons. The molecular formula is C23H37Cl2N3O2. The van der Waals surface area contributed by atoms with Crippen molar-refractivity contribution >= 4 is 36.4 Å². The highest BCUT2D eigenvalue weighted by Gasteiger charge is 2.27. The number of amides is 1. The minimum Gasteiger partial charge on any atom is -0.490 e. The zero-order chi connectivity index (χ0) is 19.2. The van der Waals surface area contributed by atoms with Crippen molar-refractivity contribution in [2.45, 2.75) is 69.9 Å². The van der Waals surface area contributed by atoms with E-state index in [1.54, 1.807) is 0 Å². The van der Waals surface area contributed by atoms with Crippen LogP contribution in [0.25, 0.3) is 0 Å². The molecule has 1 saturated carbocycles. The Morgan fingerprint density at radius 1 is 0.867 bits per heavy atom. The van der Waals surface area contributed by atoms with Gasteiger partial charge in [-0.1, -0.05) is 19.3 Å². The van der Waals surface area contributed by atoms with Crippen molar-refractivity contribution in [3.63, 3.8) is 0 Å². The Morgan fingerprint density at radius 3 is 2.13 bits per heavy atom. The van der Waals surface area contributed by atoms with Crippen molar-refractivity contribution in [2.24, 2.45) is 0 Å². The molecule has 30 heavy (non-hydrogen) atoms. The molecule has 2 saturated heterocycles. The minimum absolute atomic E-state index is 0. The van der Waals surface area contributed by atoms with Gasteiger partial charge in [-0.2, -0.15) is 0 Å². The number of rotatable bonds is 6. The van der Waals surface area contributed by atoms with E-state index < -0.39 is 0 Å². The van der Waals surface area contributed by atoms with Crippen molar-refractivity contribution in [3.8, 4) is 5.75 Å².